The Morgan fingerprint density at radius 1 is 1.29 bits per heavy atom. The largest absolute Gasteiger partial charge is 0.495 e. The highest BCUT2D eigenvalue weighted by molar-refractivity contribution is 6.32. The first-order valence-corrected chi connectivity index (χ1v) is 6.59. The van der Waals surface area contributed by atoms with Crippen LogP contribution in [0.4, 0.5) is 5.69 Å². The molecule has 1 aromatic rings. The van der Waals surface area contributed by atoms with Crippen molar-refractivity contribution >= 4 is 17.3 Å². The number of rotatable bonds is 3. The molecule has 17 heavy (non-hydrogen) atoms. The van der Waals surface area contributed by atoms with Gasteiger partial charge in [0.25, 0.3) is 0 Å². The third kappa shape index (κ3) is 3.53. The molecule has 1 unspecified atom stereocenters. The smallest absolute Gasteiger partial charge is 0.137 e. The van der Waals surface area contributed by atoms with Crippen LogP contribution < -0.4 is 10.1 Å². The molecule has 1 fully saturated rings. The Bertz CT molecular complexity index is 359. The van der Waals surface area contributed by atoms with Crippen LogP contribution in [-0.4, -0.2) is 13.2 Å². The third-order valence-electron chi connectivity index (χ3n) is 3.20. The van der Waals surface area contributed by atoms with Gasteiger partial charge in [-0.05, 0) is 43.9 Å². The number of methoxy groups -OCH3 is 1. The minimum atomic E-state index is 0.568. The topological polar surface area (TPSA) is 21.3 Å². The summed E-state index contributed by atoms with van der Waals surface area (Å²) in [5.41, 5.74) is 1.09. The number of ether oxygens (including phenoxy) is 1. The molecule has 1 N–H and O–H groups in total. The number of nitrogens with one attached hydrogen (secondary N) is 1. The number of benzene rings is 1. The van der Waals surface area contributed by atoms with Gasteiger partial charge in [-0.3, -0.25) is 0 Å². The predicted octanol–water partition coefficient (Wildman–Crippen LogP) is 4.30. The van der Waals surface area contributed by atoms with Crippen molar-refractivity contribution in [1.29, 1.82) is 0 Å². The zero-order valence-electron chi connectivity index (χ0n) is 10.2. The summed E-state index contributed by atoms with van der Waals surface area (Å²) in [4.78, 5) is 0. The van der Waals surface area contributed by atoms with Gasteiger partial charge in [0.1, 0.15) is 5.75 Å². The molecule has 0 aromatic heterocycles. The van der Waals surface area contributed by atoms with Crippen molar-refractivity contribution in [3.63, 3.8) is 0 Å². The van der Waals surface area contributed by atoms with Crippen LogP contribution in [0.25, 0.3) is 0 Å². The van der Waals surface area contributed by atoms with Gasteiger partial charge in [0.2, 0.25) is 0 Å². The normalized spacial score (nSPS) is 17.5. The quantitative estimate of drug-likeness (QED) is 0.810. The van der Waals surface area contributed by atoms with Crippen LogP contribution in [-0.2, 0) is 0 Å². The standard InChI is InChI=1S/C14H19ClNO/c1-17-14-9-8-12(10-13(14)15)16-11-6-4-2-3-5-7-11/h2,8-11,16H,3-7H2,1H3. The van der Waals surface area contributed by atoms with Crippen LogP contribution in [0.3, 0.4) is 0 Å². The predicted molar refractivity (Wildman–Crippen MR) is 72.8 cm³/mol. The average Bonchev–Trinajstić information content (AvgIpc) is 2.58. The molecule has 0 heterocycles. The molecule has 93 valence electrons. The molecule has 1 atom stereocenters. The van der Waals surface area contributed by atoms with E-state index in [-0.39, 0.29) is 0 Å². The molecule has 1 aliphatic rings. The highest BCUT2D eigenvalue weighted by Gasteiger charge is 2.12. The minimum absolute atomic E-state index is 0.568. The molecule has 0 amide bonds. The van der Waals surface area contributed by atoms with Crippen LogP contribution in [0.5, 0.6) is 5.75 Å². The summed E-state index contributed by atoms with van der Waals surface area (Å²) < 4.78 is 5.15. The van der Waals surface area contributed by atoms with E-state index in [2.05, 4.69) is 11.7 Å². The minimum Gasteiger partial charge on any atom is -0.495 e. The summed E-state index contributed by atoms with van der Waals surface area (Å²) in [6, 6.07) is 6.44. The molecule has 1 radical (unpaired) electrons. The van der Waals surface area contributed by atoms with E-state index >= 15 is 0 Å². The van der Waals surface area contributed by atoms with Gasteiger partial charge in [0, 0.05) is 11.7 Å². The van der Waals surface area contributed by atoms with Gasteiger partial charge < -0.3 is 10.1 Å². The summed E-state index contributed by atoms with van der Waals surface area (Å²) in [7, 11) is 1.63. The Morgan fingerprint density at radius 2 is 2.18 bits per heavy atom. The van der Waals surface area contributed by atoms with Crippen LogP contribution in [0.1, 0.15) is 32.1 Å². The molecule has 2 rings (SSSR count). The summed E-state index contributed by atoms with van der Waals surface area (Å²) >= 11 is 6.11. The number of hydrogen-bond acceptors (Lipinski definition) is 2. The highest BCUT2D eigenvalue weighted by atomic mass is 35.5. The van der Waals surface area contributed by atoms with Crippen LogP contribution in [0, 0.1) is 6.42 Å². The van der Waals surface area contributed by atoms with Crippen molar-refractivity contribution in [2.24, 2.45) is 0 Å². The summed E-state index contributed by atoms with van der Waals surface area (Å²) in [6.07, 6.45) is 8.58. The zero-order valence-corrected chi connectivity index (χ0v) is 11.0. The SMILES string of the molecule is COc1ccc(NC2CC[CH]CCC2)cc1Cl. The van der Waals surface area contributed by atoms with E-state index in [1.807, 2.05) is 18.2 Å². The maximum atomic E-state index is 6.11. The maximum absolute atomic E-state index is 6.11. The molecular formula is C14H19ClNO. The van der Waals surface area contributed by atoms with Gasteiger partial charge >= 0.3 is 0 Å². The number of anilines is 1. The Kier molecular flexibility index (Phi) is 4.55. The van der Waals surface area contributed by atoms with Crippen LogP contribution >= 0.6 is 11.6 Å². The van der Waals surface area contributed by atoms with Crippen molar-refractivity contribution in [2.75, 3.05) is 12.4 Å². The van der Waals surface area contributed by atoms with Crippen molar-refractivity contribution in [1.82, 2.24) is 0 Å². The van der Waals surface area contributed by atoms with E-state index in [1.54, 1.807) is 7.11 Å². The van der Waals surface area contributed by atoms with E-state index < -0.39 is 0 Å². The first-order valence-electron chi connectivity index (χ1n) is 6.21. The van der Waals surface area contributed by atoms with Gasteiger partial charge in [-0.15, -0.1) is 0 Å². The lowest BCUT2D eigenvalue weighted by atomic mass is 10.1. The summed E-state index contributed by atoms with van der Waals surface area (Å²) in [5.74, 6) is 0.728. The van der Waals surface area contributed by atoms with Gasteiger partial charge in [0.15, 0.2) is 0 Å². The molecular weight excluding hydrogens is 234 g/mol. The second-order valence-corrected chi connectivity index (χ2v) is 4.89. The molecule has 0 aliphatic heterocycles. The number of hydrogen-bond donors (Lipinski definition) is 1. The molecule has 1 saturated carbocycles. The molecule has 0 spiro atoms. The van der Waals surface area contributed by atoms with E-state index in [0.29, 0.717) is 11.1 Å². The van der Waals surface area contributed by atoms with E-state index in [0.717, 1.165) is 11.4 Å². The average molecular weight is 253 g/mol. The number of halogens is 1. The first-order chi connectivity index (χ1) is 8.29. The molecule has 1 aliphatic carbocycles. The lowest BCUT2D eigenvalue weighted by Crippen LogP contribution is -2.18. The fourth-order valence-electron chi connectivity index (χ4n) is 2.25. The summed E-state index contributed by atoms with van der Waals surface area (Å²) in [5, 5.41) is 4.22. The second kappa shape index (κ2) is 6.15. The lowest BCUT2D eigenvalue weighted by molar-refractivity contribution is 0.415. The molecule has 1 aromatic carbocycles. The molecule has 0 saturated heterocycles. The van der Waals surface area contributed by atoms with Crippen molar-refractivity contribution in [2.45, 2.75) is 38.1 Å². The van der Waals surface area contributed by atoms with E-state index in [9.17, 15) is 0 Å². The van der Waals surface area contributed by atoms with Gasteiger partial charge in [0.05, 0.1) is 12.1 Å². The Hall–Kier alpha value is -0.890. The summed E-state index contributed by atoms with van der Waals surface area (Å²) in [6.45, 7) is 0. The van der Waals surface area contributed by atoms with Crippen LogP contribution in [0.2, 0.25) is 5.02 Å². The van der Waals surface area contributed by atoms with Gasteiger partial charge in [-0.2, -0.15) is 0 Å². The van der Waals surface area contributed by atoms with Crippen LogP contribution in [0.15, 0.2) is 18.2 Å². The van der Waals surface area contributed by atoms with Crippen molar-refractivity contribution < 1.29 is 4.74 Å². The Balaban J connectivity index is 1.99. The Labute approximate surface area is 108 Å². The van der Waals surface area contributed by atoms with E-state index in [1.165, 1.54) is 32.1 Å². The first kappa shape index (κ1) is 12.6. The van der Waals surface area contributed by atoms with Gasteiger partial charge in [-0.25, -0.2) is 0 Å². The fraction of sp³-hybridized carbons (Fsp3) is 0.500. The molecule has 2 nitrogen and oxygen atoms in total. The van der Waals surface area contributed by atoms with Gasteiger partial charge in [-0.1, -0.05) is 24.4 Å². The van der Waals surface area contributed by atoms with Crippen molar-refractivity contribution in [3.05, 3.63) is 29.6 Å². The maximum Gasteiger partial charge on any atom is 0.137 e. The highest BCUT2D eigenvalue weighted by Crippen LogP contribution is 2.28. The lowest BCUT2D eigenvalue weighted by Gasteiger charge is -2.18. The van der Waals surface area contributed by atoms with Crippen molar-refractivity contribution in [3.8, 4) is 5.75 Å². The monoisotopic (exact) mass is 252 g/mol. The third-order valence-corrected chi connectivity index (χ3v) is 3.50. The zero-order chi connectivity index (χ0) is 12.1. The van der Waals surface area contributed by atoms with E-state index in [4.69, 9.17) is 16.3 Å². The Morgan fingerprint density at radius 3 is 2.94 bits per heavy atom. The molecule has 0 bridgehead atoms. The fourth-order valence-corrected chi connectivity index (χ4v) is 2.51. The molecule has 3 heteroatoms. The second-order valence-electron chi connectivity index (χ2n) is 4.49.